The summed E-state index contributed by atoms with van der Waals surface area (Å²) in [4.78, 5) is 0. The van der Waals surface area contributed by atoms with E-state index in [1.165, 1.54) is 11.1 Å². The first-order valence-electron chi connectivity index (χ1n) is 8.71. The zero-order chi connectivity index (χ0) is 21.7. The summed E-state index contributed by atoms with van der Waals surface area (Å²) >= 11 is 0. The van der Waals surface area contributed by atoms with Crippen LogP contribution >= 0.6 is 0 Å². The van der Waals surface area contributed by atoms with Crippen molar-refractivity contribution in [2.45, 2.75) is 31.4 Å². The highest BCUT2D eigenvalue weighted by Gasteiger charge is 2.36. The molecule has 3 rings (SSSR count). The molecule has 0 aliphatic rings. The van der Waals surface area contributed by atoms with Gasteiger partial charge in [-0.05, 0) is 25.0 Å². The number of hydrogen-bond acceptors (Lipinski definition) is 3. The van der Waals surface area contributed by atoms with E-state index in [2.05, 4.69) is 102 Å². The predicted molar refractivity (Wildman–Crippen MR) is 101 cm³/mol. The molecular weight excluding hydrogens is 405 g/mol. The molecule has 0 aliphatic carbocycles. The minimum Gasteiger partial charge on any atom is -0.741 e. The van der Waals surface area contributed by atoms with Gasteiger partial charge in [0.15, 0.2) is 10.1 Å². The molecule has 156 valence electrons. The van der Waals surface area contributed by atoms with Gasteiger partial charge in [-0.15, -0.1) is 0 Å². The maximum Gasteiger partial charge on any atom is 0.485 e. The van der Waals surface area contributed by atoms with E-state index in [9.17, 15) is 13.2 Å². The SMILES string of the molecule is C[C@@H](c1ccccc1)n1cc[n+]([C@@H](C)c2ccccc2)c1.O=S(=O)([O-])C(F)(F)F. The number of halogens is 3. The molecule has 0 N–H and O–H groups in total. The molecule has 0 saturated heterocycles. The summed E-state index contributed by atoms with van der Waals surface area (Å²) in [6.45, 7) is 4.46. The van der Waals surface area contributed by atoms with Crippen LogP contribution in [-0.4, -0.2) is 23.0 Å². The van der Waals surface area contributed by atoms with Crippen molar-refractivity contribution in [2.24, 2.45) is 0 Å². The molecule has 2 aromatic carbocycles. The normalized spacial score (nSPS) is 13.9. The second-order valence-corrected chi connectivity index (χ2v) is 7.75. The second-order valence-electron chi connectivity index (χ2n) is 6.38. The average Bonchev–Trinajstić information content (AvgIpc) is 3.17. The molecule has 3 aromatic rings. The van der Waals surface area contributed by atoms with Crippen molar-refractivity contribution >= 4 is 10.1 Å². The van der Waals surface area contributed by atoms with Crippen LogP contribution in [0.15, 0.2) is 79.4 Å². The molecule has 0 radical (unpaired) electrons. The highest BCUT2D eigenvalue weighted by Crippen LogP contribution is 2.20. The molecule has 0 unspecified atom stereocenters. The third kappa shape index (κ3) is 6.16. The number of imidazole rings is 1. The predicted octanol–water partition coefficient (Wildman–Crippen LogP) is 4.05. The molecule has 0 amide bonds. The van der Waals surface area contributed by atoms with E-state index in [0.29, 0.717) is 12.1 Å². The van der Waals surface area contributed by atoms with Gasteiger partial charge in [-0.25, -0.2) is 17.6 Å². The van der Waals surface area contributed by atoms with E-state index >= 15 is 0 Å². The summed E-state index contributed by atoms with van der Waals surface area (Å²) in [6, 6.07) is 21.9. The molecule has 29 heavy (non-hydrogen) atoms. The van der Waals surface area contributed by atoms with Crippen LogP contribution in [0, 0.1) is 0 Å². The number of aromatic nitrogens is 2. The van der Waals surface area contributed by atoms with Crippen LogP contribution < -0.4 is 4.57 Å². The van der Waals surface area contributed by atoms with Gasteiger partial charge in [-0.1, -0.05) is 60.7 Å². The monoisotopic (exact) mass is 426 g/mol. The van der Waals surface area contributed by atoms with Gasteiger partial charge in [0.05, 0.1) is 0 Å². The molecule has 0 saturated carbocycles. The Kier molecular flexibility index (Phi) is 7.21. The van der Waals surface area contributed by atoms with Crippen molar-refractivity contribution in [3.63, 3.8) is 0 Å². The summed E-state index contributed by atoms with van der Waals surface area (Å²) in [5, 5.41) is 0. The Morgan fingerprint density at radius 2 is 1.38 bits per heavy atom. The fourth-order valence-electron chi connectivity index (χ4n) is 2.65. The first kappa shape index (κ1) is 22.6. The zero-order valence-electron chi connectivity index (χ0n) is 15.8. The molecule has 0 bridgehead atoms. The van der Waals surface area contributed by atoms with Crippen LogP contribution in [0.3, 0.4) is 0 Å². The van der Waals surface area contributed by atoms with E-state index in [4.69, 9.17) is 13.0 Å². The molecule has 2 atom stereocenters. The molecule has 5 nitrogen and oxygen atoms in total. The minimum absolute atomic E-state index is 0.343. The van der Waals surface area contributed by atoms with E-state index in [-0.39, 0.29) is 0 Å². The summed E-state index contributed by atoms with van der Waals surface area (Å²) < 4.78 is 63.4. The first-order chi connectivity index (χ1) is 13.5. The second kappa shape index (κ2) is 9.23. The van der Waals surface area contributed by atoms with Crippen LogP contribution in [0.1, 0.15) is 37.1 Å². The Morgan fingerprint density at radius 1 is 0.931 bits per heavy atom. The van der Waals surface area contributed by atoms with Gasteiger partial charge in [-0.3, -0.25) is 0 Å². The molecule has 1 aromatic heterocycles. The Hall–Kier alpha value is -2.65. The number of alkyl halides is 3. The van der Waals surface area contributed by atoms with Gasteiger partial charge in [-0.2, -0.15) is 13.2 Å². The molecule has 0 aliphatic heterocycles. The molecule has 0 spiro atoms. The lowest BCUT2D eigenvalue weighted by atomic mass is 10.1. The zero-order valence-corrected chi connectivity index (χ0v) is 16.6. The van der Waals surface area contributed by atoms with E-state index in [1.807, 2.05) is 0 Å². The molecule has 9 heteroatoms. The van der Waals surface area contributed by atoms with Crippen LogP contribution in [-0.2, 0) is 10.1 Å². The van der Waals surface area contributed by atoms with Gasteiger partial charge in [0.2, 0.25) is 6.33 Å². The highest BCUT2D eigenvalue weighted by atomic mass is 32.2. The Balaban J connectivity index is 0.000000321. The number of rotatable bonds is 4. The number of hydrogen-bond donors (Lipinski definition) is 0. The van der Waals surface area contributed by atoms with Crippen molar-refractivity contribution in [2.75, 3.05) is 0 Å². The third-order valence-corrected chi connectivity index (χ3v) is 4.99. The largest absolute Gasteiger partial charge is 0.741 e. The Morgan fingerprint density at radius 3 is 1.83 bits per heavy atom. The number of nitrogens with zero attached hydrogens (tertiary/aromatic N) is 2. The highest BCUT2D eigenvalue weighted by molar-refractivity contribution is 7.86. The molecular formula is C20H21F3N2O3S. The Bertz CT molecular complexity index is 944. The minimum atomic E-state index is -6.09. The van der Waals surface area contributed by atoms with Crippen molar-refractivity contribution in [1.29, 1.82) is 0 Å². The lowest BCUT2D eigenvalue weighted by Crippen LogP contribution is -2.36. The van der Waals surface area contributed by atoms with Gasteiger partial charge < -0.3 is 4.55 Å². The van der Waals surface area contributed by atoms with Crippen LogP contribution in [0.2, 0.25) is 0 Å². The van der Waals surface area contributed by atoms with Crippen LogP contribution in [0.5, 0.6) is 0 Å². The van der Waals surface area contributed by atoms with Gasteiger partial charge in [0, 0.05) is 0 Å². The van der Waals surface area contributed by atoms with Gasteiger partial charge >= 0.3 is 5.51 Å². The van der Waals surface area contributed by atoms with E-state index in [1.54, 1.807) is 0 Å². The van der Waals surface area contributed by atoms with Crippen molar-refractivity contribution in [3.05, 3.63) is 90.5 Å². The van der Waals surface area contributed by atoms with Crippen molar-refractivity contribution in [3.8, 4) is 0 Å². The maximum absolute atomic E-state index is 10.7. The lowest BCUT2D eigenvalue weighted by Gasteiger charge is -2.09. The van der Waals surface area contributed by atoms with Crippen molar-refractivity contribution in [1.82, 2.24) is 4.57 Å². The van der Waals surface area contributed by atoms with E-state index in [0.717, 1.165) is 0 Å². The van der Waals surface area contributed by atoms with E-state index < -0.39 is 15.6 Å². The molecule has 1 heterocycles. The summed E-state index contributed by atoms with van der Waals surface area (Å²) in [5.74, 6) is 0. The number of benzene rings is 2. The van der Waals surface area contributed by atoms with Crippen molar-refractivity contribution < 1.29 is 30.7 Å². The maximum atomic E-state index is 10.7. The molecule has 0 fully saturated rings. The average molecular weight is 426 g/mol. The topological polar surface area (TPSA) is 66.0 Å². The smallest absolute Gasteiger partial charge is 0.485 e. The van der Waals surface area contributed by atoms with Crippen LogP contribution in [0.4, 0.5) is 13.2 Å². The quantitative estimate of drug-likeness (QED) is 0.359. The third-order valence-electron chi connectivity index (χ3n) is 4.42. The first-order valence-corrected chi connectivity index (χ1v) is 10.1. The van der Waals surface area contributed by atoms with Crippen LogP contribution in [0.25, 0.3) is 0 Å². The van der Waals surface area contributed by atoms with Gasteiger partial charge in [0.25, 0.3) is 0 Å². The Labute approximate surface area is 167 Å². The summed E-state index contributed by atoms with van der Waals surface area (Å²) in [6.07, 6.45) is 6.49. The lowest BCUT2D eigenvalue weighted by molar-refractivity contribution is -0.710. The fraction of sp³-hybridized carbons (Fsp3) is 0.250. The standard InChI is InChI=1S/C19H21N2.CHF3O3S/c1-16(18-9-5-3-6-10-18)20-13-14-21(15-20)17(2)19-11-7-4-8-12-19;2-1(3,4)8(5,6)7/h3-17H,1-2H3;(H,5,6,7)/q+1;/p-1/t16-,17-;/m0./s1. The summed E-state index contributed by atoms with van der Waals surface area (Å²) in [5.41, 5.74) is -2.99. The fourth-order valence-corrected chi connectivity index (χ4v) is 2.65. The van der Waals surface area contributed by atoms with Gasteiger partial charge in [0.1, 0.15) is 24.5 Å². The summed E-state index contributed by atoms with van der Waals surface area (Å²) in [7, 11) is -6.09.